The summed E-state index contributed by atoms with van der Waals surface area (Å²) in [5.74, 6) is 2.75. The number of rotatable bonds is 2. The molecule has 4 aliphatic heterocycles. The van der Waals surface area contributed by atoms with E-state index in [9.17, 15) is 0 Å². The predicted octanol–water partition coefficient (Wildman–Crippen LogP) is -0.921. The maximum Gasteiger partial charge on any atom is 0.350 e. The molecule has 116 valence electrons. The summed E-state index contributed by atoms with van der Waals surface area (Å²) in [5, 5.41) is 7.26. The zero-order valence-electron chi connectivity index (χ0n) is 13.0. The number of nitrogens with zero attached hydrogens (tertiary/aromatic N) is 4. The van der Waals surface area contributed by atoms with Crippen LogP contribution in [0.25, 0.3) is 0 Å². The molecule has 4 aliphatic rings. The summed E-state index contributed by atoms with van der Waals surface area (Å²) in [5.41, 5.74) is 0. The fourth-order valence-corrected chi connectivity index (χ4v) is 4.03. The van der Waals surface area contributed by atoms with Gasteiger partial charge in [0.25, 0.3) is 0 Å². The third-order valence-electron chi connectivity index (χ3n) is 5.03. The highest BCUT2D eigenvalue weighted by Crippen LogP contribution is 2.11. The highest BCUT2D eigenvalue weighted by molar-refractivity contribution is 5.78. The standard InChI is InChI=1S/C15H26N6/c1-5-16-14-18(7-1)9-3-11-20(14)13-21-12-4-10-19-8-2-6-17-15(19)21/h1-13H2/p+2. The Morgan fingerprint density at radius 1 is 0.714 bits per heavy atom. The second-order valence-electron chi connectivity index (χ2n) is 6.56. The Hall–Kier alpha value is -1.46. The molecule has 0 saturated heterocycles. The Bertz CT molecular complexity index is 419. The van der Waals surface area contributed by atoms with Gasteiger partial charge in [0.15, 0.2) is 6.67 Å². The Labute approximate surface area is 127 Å². The maximum atomic E-state index is 3.63. The van der Waals surface area contributed by atoms with Gasteiger partial charge in [-0.1, -0.05) is 0 Å². The molecule has 0 aromatic heterocycles. The minimum Gasteiger partial charge on any atom is -0.278 e. The van der Waals surface area contributed by atoms with E-state index in [1.807, 2.05) is 0 Å². The summed E-state index contributed by atoms with van der Waals surface area (Å²) in [6, 6.07) is 0. The minimum absolute atomic E-state index is 1.03. The molecule has 4 rings (SSSR count). The van der Waals surface area contributed by atoms with Crippen molar-refractivity contribution in [1.29, 1.82) is 0 Å². The van der Waals surface area contributed by atoms with Crippen LogP contribution >= 0.6 is 0 Å². The predicted molar refractivity (Wildman–Crippen MR) is 82.8 cm³/mol. The smallest absolute Gasteiger partial charge is 0.278 e. The van der Waals surface area contributed by atoms with E-state index in [1.165, 1.54) is 76.9 Å². The quantitative estimate of drug-likeness (QED) is 0.646. The first-order valence-corrected chi connectivity index (χ1v) is 8.63. The van der Waals surface area contributed by atoms with Crippen LogP contribution in [0.2, 0.25) is 0 Å². The SMILES string of the molecule is C1CNC2=[N+](C1)CCCN2CN1CCC[N+]2=C1NCCC2. The van der Waals surface area contributed by atoms with Gasteiger partial charge in [0.2, 0.25) is 0 Å². The van der Waals surface area contributed by atoms with Crippen molar-refractivity contribution >= 4 is 11.9 Å². The van der Waals surface area contributed by atoms with Crippen molar-refractivity contribution in [1.82, 2.24) is 20.4 Å². The second-order valence-corrected chi connectivity index (χ2v) is 6.56. The summed E-state index contributed by atoms with van der Waals surface area (Å²) < 4.78 is 5.07. The van der Waals surface area contributed by atoms with E-state index >= 15 is 0 Å². The molecular weight excluding hydrogens is 264 g/mol. The summed E-state index contributed by atoms with van der Waals surface area (Å²) in [4.78, 5) is 5.10. The Balaban J connectivity index is 1.52. The fraction of sp³-hybridized carbons (Fsp3) is 0.867. The summed E-state index contributed by atoms with van der Waals surface area (Å²) >= 11 is 0. The first-order valence-electron chi connectivity index (χ1n) is 8.63. The van der Waals surface area contributed by atoms with Crippen molar-refractivity contribution in [2.24, 2.45) is 0 Å². The molecule has 0 fully saturated rings. The number of hydrogen-bond acceptors (Lipinski definition) is 4. The van der Waals surface area contributed by atoms with Crippen LogP contribution < -0.4 is 10.6 Å². The highest BCUT2D eigenvalue weighted by atomic mass is 15.5. The molecule has 6 heteroatoms. The van der Waals surface area contributed by atoms with E-state index in [-0.39, 0.29) is 0 Å². The van der Waals surface area contributed by atoms with Crippen molar-refractivity contribution in [2.75, 3.05) is 59.0 Å². The summed E-state index contributed by atoms with van der Waals surface area (Å²) in [6.45, 7) is 10.5. The second kappa shape index (κ2) is 5.73. The number of hydrogen-bond donors (Lipinski definition) is 2. The molecule has 4 heterocycles. The van der Waals surface area contributed by atoms with Crippen molar-refractivity contribution in [3.05, 3.63) is 0 Å². The fourth-order valence-electron chi connectivity index (χ4n) is 4.03. The Morgan fingerprint density at radius 3 is 1.71 bits per heavy atom. The molecule has 0 atom stereocenters. The molecule has 0 radical (unpaired) electrons. The van der Waals surface area contributed by atoms with Crippen LogP contribution in [0.4, 0.5) is 0 Å². The average Bonchev–Trinajstić information content (AvgIpc) is 2.56. The van der Waals surface area contributed by atoms with Gasteiger partial charge in [-0.2, -0.15) is 0 Å². The van der Waals surface area contributed by atoms with E-state index < -0.39 is 0 Å². The van der Waals surface area contributed by atoms with E-state index in [4.69, 9.17) is 0 Å². The van der Waals surface area contributed by atoms with Crippen LogP contribution in [0.5, 0.6) is 0 Å². The van der Waals surface area contributed by atoms with Crippen molar-refractivity contribution < 1.29 is 9.15 Å². The van der Waals surface area contributed by atoms with E-state index in [0.717, 1.165) is 19.8 Å². The van der Waals surface area contributed by atoms with Crippen LogP contribution in [-0.4, -0.2) is 89.9 Å². The number of guanidine groups is 2. The lowest BCUT2D eigenvalue weighted by Crippen LogP contribution is -2.62. The van der Waals surface area contributed by atoms with Gasteiger partial charge in [0, 0.05) is 25.7 Å². The average molecular weight is 292 g/mol. The van der Waals surface area contributed by atoms with Crippen LogP contribution in [0.1, 0.15) is 25.7 Å². The molecule has 6 nitrogen and oxygen atoms in total. The molecule has 0 bridgehead atoms. The topological polar surface area (TPSA) is 36.6 Å². The Kier molecular flexibility index (Phi) is 3.61. The van der Waals surface area contributed by atoms with Gasteiger partial charge >= 0.3 is 11.9 Å². The monoisotopic (exact) mass is 292 g/mol. The summed E-state index contributed by atoms with van der Waals surface area (Å²) in [6.07, 6.45) is 5.11. The Morgan fingerprint density at radius 2 is 1.19 bits per heavy atom. The van der Waals surface area contributed by atoms with Crippen molar-refractivity contribution in [2.45, 2.75) is 25.7 Å². The van der Waals surface area contributed by atoms with Crippen LogP contribution in [-0.2, 0) is 0 Å². The summed E-state index contributed by atoms with van der Waals surface area (Å²) in [7, 11) is 0. The lowest BCUT2D eigenvalue weighted by molar-refractivity contribution is -0.547. The zero-order chi connectivity index (χ0) is 14.1. The minimum atomic E-state index is 1.03. The van der Waals surface area contributed by atoms with Crippen LogP contribution in [0.3, 0.4) is 0 Å². The largest absolute Gasteiger partial charge is 0.350 e. The van der Waals surface area contributed by atoms with Crippen molar-refractivity contribution in [3.63, 3.8) is 0 Å². The first-order chi connectivity index (χ1) is 10.4. The normalized spacial score (nSPS) is 26.1. The molecule has 0 amide bonds. The molecule has 21 heavy (non-hydrogen) atoms. The first kappa shape index (κ1) is 13.2. The molecule has 0 spiro atoms. The molecule has 0 aromatic carbocycles. The molecule has 0 unspecified atom stereocenters. The third-order valence-corrected chi connectivity index (χ3v) is 5.03. The zero-order valence-corrected chi connectivity index (χ0v) is 13.0. The van der Waals surface area contributed by atoms with Crippen LogP contribution in [0, 0.1) is 0 Å². The van der Waals surface area contributed by atoms with E-state index in [0.29, 0.717) is 0 Å². The van der Waals surface area contributed by atoms with E-state index in [2.05, 4.69) is 29.6 Å². The van der Waals surface area contributed by atoms with Gasteiger partial charge in [-0.25, -0.2) is 9.80 Å². The molecule has 0 saturated carbocycles. The van der Waals surface area contributed by atoms with Crippen molar-refractivity contribution in [3.8, 4) is 0 Å². The number of nitrogens with one attached hydrogen (secondary N) is 2. The van der Waals surface area contributed by atoms with Crippen LogP contribution in [0.15, 0.2) is 0 Å². The van der Waals surface area contributed by atoms with E-state index in [1.54, 1.807) is 0 Å². The van der Waals surface area contributed by atoms with Gasteiger partial charge in [0.1, 0.15) is 0 Å². The third kappa shape index (κ3) is 2.56. The van der Waals surface area contributed by atoms with Gasteiger partial charge in [-0.15, -0.1) is 0 Å². The van der Waals surface area contributed by atoms with Gasteiger partial charge in [-0.05, 0) is 0 Å². The maximum absolute atomic E-state index is 3.63. The molecule has 2 N–H and O–H groups in total. The lowest BCUT2D eigenvalue weighted by atomic mass is 10.2. The lowest BCUT2D eigenvalue weighted by Gasteiger charge is -2.35. The molecule has 0 aliphatic carbocycles. The van der Waals surface area contributed by atoms with Gasteiger partial charge in [0.05, 0.1) is 52.4 Å². The molecule has 0 aromatic rings. The molecular formula is C15H28N6+2. The highest BCUT2D eigenvalue weighted by Gasteiger charge is 2.35. The van der Waals surface area contributed by atoms with Gasteiger partial charge in [-0.3, -0.25) is 19.8 Å². The van der Waals surface area contributed by atoms with Gasteiger partial charge < -0.3 is 0 Å².